The van der Waals surface area contributed by atoms with Crippen LogP contribution in [0.4, 0.5) is 0 Å². The third-order valence-electron chi connectivity index (χ3n) is 4.56. The van der Waals surface area contributed by atoms with E-state index in [-0.39, 0.29) is 6.54 Å². The van der Waals surface area contributed by atoms with E-state index >= 15 is 0 Å². The summed E-state index contributed by atoms with van der Waals surface area (Å²) in [5, 5.41) is 7.68. The predicted molar refractivity (Wildman–Crippen MR) is 99.6 cm³/mol. The van der Waals surface area contributed by atoms with Gasteiger partial charge < -0.3 is 4.40 Å². The van der Waals surface area contributed by atoms with Gasteiger partial charge in [0, 0.05) is 35.8 Å². The Morgan fingerprint density at radius 1 is 1.15 bits per heavy atom. The van der Waals surface area contributed by atoms with Gasteiger partial charge in [0.25, 0.3) is 0 Å². The van der Waals surface area contributed by atoms with E-state index in [1.807, 2.05) is 66.5 Å². The second kappa shape index (κ2) is 6.18. The SMILES string of the molecule is Cc1cccc(-c2nn(C)c(C)c2-c2ccc3ncc(CN=O)n3c2)n1. The maximum absolute atomic E-state index is 10.7. The van der Waals surface area contributed by atoms with Crippen molar-refractivity contribution < 1.29 is 0 Å². The third kappa shape index (κ3) is 2.57. The van der Waals surface area contributed by atoms with Crippen LogP contribution in [0.5, 0.6) is 0 Å². The van der Waals surface area contributed by atoms with E-state index in [9.17, 15) is 4.91 Å². The quantitative estimate of drug-likeness (QED) is 0.528. The number of imidazole rings is 1. The zero-order valence-electron chi connectivity index (χ0n) is 14.8. The van der Waals surface area contributed by atoms with Crippen LogP contribution in [0, 0.1) is 18.8 Å². The van der Waals surface area contributed by atoms with Gasteiger partial charge in [-0.05, 0) is 38.1 Å². The van der Waals surface area contributed by atoms with Gasteiger partial charge in [-0.3, -0.25) is 9.67 Å². The molecule has 0 aliphatic carbocycles. The lowest BCUT2D eigenvalue weighted by atomic mass is 10.0. The first-order chi connectivity index (χ1) is 12.6. The molecule has 0 amide bonds. The summed E-state index contributed by atoms with van der Waals surface area (Å²) in [7, 11) is 1.93. The maximum Gasteiger partial charge on any atom is 0.136 e. The van der Waals surface area contributed by atoms with Crippen molar-refractivity contribution in [3.8, 4) is 22.5 Å². The Morgan fingerprint density at radius 2 is 2.00 bits per heavy atom. The lowest BCUT2D eigenvalue weighted by Gasteiger charge is -2.07. The normalized spacial score (nSPS) is 11.2. The monoisotopic (exact) mass is 346 g/mol. The van der Waals surface area contributed by atoms with Gasteiger partial charge in [-0.2, -0.15) is 10.0 Å². The summed E-state index contributed by atoms with van der Waals surface area (Å²) in [4.78, 5) is 19.6. The zero-order valence-corrected chi connectivity index (χ0v) is 14.8. The summed E-state index contributed by atoms with van der Waals surface area (Å²) in [6.07, 6.45) is 3.66. The number of rotatable bonds is 4. The van der Waals surface area contributed by atoms with Gasteiger partial charge in [0.15, 0.2) is 0 Å². The largest absolute Gasteiger partial charge is 0.301 e. The molecule has 0 aromatic carbocycles. The first kappa shape index (κ1) is 16.1. The minimum Gasteiger partial charge on any atom is -0.301 e. The van der Waals surface area contributed by atoms with Crippen LogP contribution < -0.4 is 0 Å². The average molecular weight is 346 g/mol. The lowest BCUT2D eigenvalue weighted by molar-refractivity contribution is 0.742. The molecule has 4 heterocycles. The molecule has 4 rings (SSSR count). The van der Waals surface area contributed by atoms with Gasteiger partial charge in [0.2, 0.25) is 0 Å². The number of nitroso groups, excluding NO2 is 1. The molecule has 0 saturated carbocycles. The fraction of sp³-hybridized carbons (Fsp3) is 0.211. The van der Waals surface area contributed by atoms with Gasteiger partial charge >= 0.3 is 0 Å². The molecule has 7 heteroatoms. The number of hydrogen-bond acceptors (Lipinski definition) is 5. The molecule has 0 radical (unpaired) electrons. The maximum atomic E-state index is 10.7. The predicted octanol–water partition coefficient (Wildman–Crippen LogP) is 3.68. The van der Waals surface area contributed by atoms with E-state index in [2.05, 4.69) is 20.2 Å². The number of pyridine rings is 2. The Bertz CT molecular complexity index is 1120. The van der Waals surface area contributed by atoms with Crippen molar-refractivity contribution in [3.05, 3.63) is 64.7 Å². The second-order valence-electron chi connectivity index (χ2n) is 6.28. The van der Waals surface area contributed by atoms with E-state index in [1.54, 1.807) is 6.20 Å². The Hall–Kier alpha value is -3.35. The standard InChI is InChI=1S/C19H18N6O/c1-12-5-4-6-16(22-12)19-18(13(2)24(3)23-19)14-7-8-17-20-9-15(10-21-26)25(17)11-14/h4-9,11H,10H2,1-3H3. The van der Waals surface area contributed by atoms with Gasteiger partial charge in [-0.1, -0.05) is 11.2 Å². The lowest BCUT2D eigenvalue weighted by Crippen LogP contribution is -1.94. The van der Waals surface area contributed by atoms with E-state index in [0.29, 0.717) is 0 Å². The molecule has 0 fully saturated rings. The minimum atomic E-state index is 0.0862. The smallest absolute Gasteiger partial charge is 0.136 e. The van der Waals surface area contributed by atoms with Crippen molar-refractivity contribution in [1.82, 2.24) is 24.1 Å². The molecular weight excluding hydrogens is 328 g/mol. The van der Waals surface area contributed by atoms with Crippen LogP contribution >= 0.6 is 0 Å². The Balaban J connectivity index is 1.94. The minimum absolute atomic E-state index is 0.0862. The third-order valence-corrected chi connectivity index (χ3v) is 4.56. The molecule has 0 bridgehead atoms. The molecule has 7 nitrogen and oxygen atoms in total. The fourth-order valence-corrected chi connectivity index (χ4v) is 3.17. The molecular formula is C19H18N6O. The van der Waals surface area contributed by atoms with E-state index < -0.39 is 0 Å². The van der Waals surface area contributed by atoms with Crippen LogP contribution in [0.2, 0.25) is 0 Å². The van der Waals surface area contributed by atoms with Crippen molar-refractivity contribution in [2.45, 2.75) is 20.4 Å². The summed E-state index contributed by atoms with van der Waals surface area (Å²) in [5.74, 6) is 0. The highest BCUT2D eigenvalue weighted by atomic mass is 16.3. The van der Waals surface area contributed by atoms with Crippen LogP contribution in [-0.2, 0) is 13.6 Å². The fourth-order valence-electron chi connectivity index (χ4n) is 3.17. The van der Waals surface area contributed by atoms with Crippen LogP contribution in [0.15, 0.2) is 47.9 Å². The van der Waals surface area contributed by atoms with Gasteiger partial charge in [0.1, 0.15) is 17.9 Å². The molecule has 130 valence electrons. The van der Waals surface area contributed by atoms with Crippen molar-refractivity contribution in [2.24, 2.45) is 12.2 Å². The highest BCUT2D eigenvalue weighted by Crippen LogP contribution is 2.33. The molecule has 0 spiro atoms. The molecule has 4 aromatic heterocycles. The second-order valence-corrected chi connectivity index (χ2v) is 6.28. The molecule has 0 N–H and O–H groups in total. The van der Waals surface area contributed by atoms with Crippen molar-refractivity contribution in [1.29, 1.82) is 0 Å². The van der Waals surface area contributed by atoms with Crippen LogP contribution in [-0.4, -0.2) is 24.1 Å². The number of nitrogens with zero attached hydrogens (tertiary/aromatic N) is 6. The zero-order chi connectivity index (χ0) is 18.3. The average Bonchev–Trinajstić information content (AvgIpc) is 3.16. The van der Waals surface area contributed by atoms with Crippen molar-refractivity contribution >= 4 is 5.65 Å². The van der Waals surface area contributed by atoms with Gasteiger partial charge in [-0.25, -0.2) is 4.98 Å². The number of fused-ring (bicyclic) bond motifs is 1. The number of aryl methyl sites for hydroxylation is 2. The summed E-state index contributed by atoms with van der Waals surface area (Å²) >= 11 is 0. The van der Waals surface area contributed by atoms with Crippen LogP contribution in [0.1, 0.15) is 17.1 Å². The Labute approximate surface area is 150 Å². The molecule has 26 heavy (non-hydrogen) atoms. The first-order valence-electron chi connectivity index (χ1n) is 8.31. The summed E-state index contributed by atoms with van der Waals surface area (Å²) < 4.78 is 3.76. The first-order valence-corrected chi connectivity index (χ1v) is 8.31. The highest BCUT2D eigenvalue weighted by Gasteiger charge is 2.18. The summed E-state index contributed by atoms with van der Waals surface area (Å²) in [6.45, 7) is 4.09. The number of aromatic nitrogens is 5. The molecule has 0 saturated heterocycles. The molecule has 4 aromatic rings. The van der Waals surface area contributed by atoms with Crippen molar-refractivity contribution in [2.75, 3.05) is 0 Å². The van der Waals surface area contributed by atoms with Crippen LogP contribution in [0.3, 0.4) is 0 Å². The van der Waals surface area contributed by atoms with Gasteiger partial charge in [-0.15, -0.1) is 0 Å². The van der Waals surface area contributed by atoms with E-state index in [0.717, 1.165) is 45.2 Å². The summed E-state index contributed by atoms with van der Waals surface area (Å²) in [6, 6.07) is 9.87. The van der Waals surface area contributed by atoms with Gasteiger partial charge in [0.05, 0.1) is 17.6 Å². The van der Waals surface area contributed by atoms with Crippen molar-refractivity contribution in [3.63, 3.8) is 0 Å². The molecule has 0 aliphatic heterocycles. The highest BCUT2D eigenvalue weighted by molar-refractivity contribution is 5.81. The topological polar surface area (TPSA) is 77.4 Å². The van der Waals surface area contributed by atoms with Crippen LogP contribution in [0.25, 0.3) is 28.2 Å². The van der Waals surface area contributed by atoms with E-state index in [1.165, 1.54) is 0 Å². The molecule has 0 aliphatic rings. The Morgan fingerprint density at radius 3 is 2.77 bits per heavy atom. The molecule has 0 unspecified atom stereocenters. The Kier molecular flexibility index (Phi) is 3.84. The molecule has 0 atom stereocenters. The summed E-state index contributed by atoms with van der Waals surface area (Å²) in [5.41, 5.74) is 7.21. The number of hydrogen-bond donors (Lipinski definition) is 0. The van der Waals surface area contributed by atoms with E-state index in [4.69, 9.17) is 0 Å².